The van der Waals surface area contributed by atoms with E-state index in [4.69, 9.17) is 4.74 Å². The van der Waals surface area contributed by atoms with Gasteiger partial charge >= 0.3 is 0 Å². The minimum absolute atomic E-state index is 0.217. The highest BCUT2D eigenvalue weighted by molar-refractivity contribution is 5.54. The van der Waals surface area contributed by atoms with E-state index in [1.165, 1.54) is 13.0 Å². The molecule has 0 aliphatic rings. The number of halogens is 4. The van der Waals surface area contributed by atoms with Gasteiger partial charge in [-0.3, -0.25) is 10.1 Å². The lowest BCUT2D eigenvalue weighted by Crippen LogP contribution is -2.03. The minimum Gasteiger partial charge on any atom is -0.451 e. The molecule has 0 amide bonds. The molecule has 2 aromatic carbocycles. The number of non-ortho nitro benzene ring substituents is 1. The molecule has 0 heterocycles. The molecule has 0 aliphatic heterocycles. The quantitative estimate of drug-likeness (QED) is 0.344. The molecule has 120 valence electrons. The smallest absolute Gasteiger partial charge is 0.269 e. The van der Waals surface area contributed by atoms with E-state index in [0.717, 1.165) is 30.3 Å². The number of nitro groups is 1. The van der Waals surface area contributed by atoms with Crippen molar-refractivity contribution in [2.24, 2.45) is 0 Å². The molecular formula is C15H9F4NO3. The van der Waals surface area contributed by atoms with Crippen LogP contribution in [-0.2, 0) is 0 Å². The van der Waals surface area contributed by atoms with Crippen molar-refractivity contribution >= 4 is 11.8 Å². The van der Waals surface area contributed by atoms with Crippen LogP contribution in [0, 0.1) is 33.4 Å². The highest BCUT2D eigenvalue weighted by Crippen LogP contribution is 2.34. The van der Waals surface area contributed by atoms with Gasteiger partial charge in [-0.2, -0.15) is 8.78 Å². The summed E-state index contributed by atoms with van der Waals surface area (Å²) in [4.78, 5) is 9.82. The van der Waals surface area contributed by atoms with Crippen LogP contribution in [0.2, 0.25) is 0 Å². The van der Waals surface area contributed by atoms with Gasteiger partial charge in [0.2, 0.25) is 17.4 Å². The van der Waals surface area contributed by atoms with Crippen molar-refractivity contribution in [3.63, 3.8) is 0 Å². The first kappa shape index (κ1) is 16.5. The maximum absolute atomic E-state index is 13.9. The van der Waals surface area contributed by atoms with Gasteiger partial charge in [0.1, 0.15) is 5.75 Å². The Balaban J connectivity index is 2.46. The Bertz CT molecular complexity index is 759. The van der Waals surface area contributed by atoms with E-state index >= 15 is 0 Å². The normalized spacial score (nSPS) is 11.0. The molecule has 0 spiro atoms. The highest BCUT2D eigenvalue weighted by atomic mass is 19.2. The standard InChI is InChI=1S/C15H9F4NO3/c1-2-3-10-11(16)13(18)15(14(19)12(10)17)23-9-6-4-8(5-7-9)20(21)22/h2-7H,1H3. The first-order valence-electron chi connectivity index (χ1n) is 6.27. The van der Waals surface area contributed by atoms with E-state index in [1.807, 2.05) is 0 Å². The van der Waals surface area contributed by atoms with Crippen LogP contribution in [-0.4, -0.2) is 4.92 Å². The molecule has 0 atom stereocenters. The maximum atomic E-state index is 13.9. The van der Waals surface area contributed by atoms with Crippen molar-refractivity contribution < 1.29 is 27.2 Å². The summed E-state index contributed by atoms with van der Waals surface area (Å²) in [6.07, 6.45) is 2.10. The summed E-state index contributed by atoms with van der Waals surface area (Å²) in [7, 11) is 0. The second kappa shape index (κ2) is 6.47. The number of hydrogen-bond acceptors (Lipinski definition) is 3. The van der Waals surface area contributed by atoms with Gasteiger partial charge in [-0.25, -0.2) is 8.78 Å². The third-order valence-electron chi connectivity index (χ3n) is 2.86. The van der Waals surface area contributed by atoms with Crippen molar-refractivity contribution in [3.8, 4) is 11.5 Å². The van der Waals surface area contributed by atoms with Gasteiger partial charge in [0, 0.05) is 12.1 Å². The van der Waals surface area contributed by atoms with Gasteiger partial charge < -0.3 is 4.74 Å². The van der Waals surface area contributed by atoms with E-state index < -0.39 is 39.5 Å². The van der Waals surface area contributed by atoms with Gasteiger partial charge in [-0.05, 0) is 19.1 Å². The van der Waals surface area contributed by atoms with Crippen LogP contribution in [0.25, 0.3) is 6.08 Å². The zero-order chi connectivity index (χ0) is 17.1. The number of allylic oxidation sites excluding steroid dienone is 1. The Morgan fingerprint density at radius 3 is 1.96 bits per heavy atom. The molecule has 0 aromatic heterocycles. The second-order valence-corrected chi connectivity index (χ2v) is 4.35. The fourth-order valence-electron chi connectivity index (χ4n) is 1.78. The molecule has 23 heavy (non-hydrogen) atoms. The van der Waals surface area contributed by atoms with Crippen molar-refractivity contribution in [2.75, 3.05) is 0 Å². The predicted molar refractivity (Wildman–Crippen MR) is 74.2 cm³/mol. The highest BCUT2D eigenvalue weighted by Gasteiger charge is 2.26. The largest absolute Gasteiger partial charge is 0.451 e. The van der Waals surface area contributed by atoms with Gasteiger partial charge in [0.15, 0.2) is 11.6 Å². The van der Waals surface area contributed by atoms with Crippen LogP contribution in [0.15, 0.2) is 30.3 Å². The molecule has 0 saturated heterocycles. The number of ether oxygens (including phenoxy) is 1. The van der Waals surface area contributed by atoms with Crippen LogP contribution in [0.3, 0.4) is 0 Å². The Labute approximate surface area is 127 Å². The van der Waals surface area contributed by atoms with E-state index in [-0.39, 0.29) is 11.4 Å². The van der Waals surface area contributed by atoms with Gasteiger partial charge in [-0.1, -0.05) is 12.2 Å². The third-order valence-corrected chi connectivity index (χ3v) is 2.86. The summed E-state index contributed by atoms with van der Waals surface area (Å²) in [6.45, 7) is 1.43. The second-order valence-electron chi connectivity index (χ2n) is 4.35. The fraction of sp³-hybridized carbons (Fsp3) is 0.0667. The van der Waals surface area contributed by atoms with Gasteiger partial charge in [-0.15, -0.1) is 0 Å². The topological polar surface area (TPSA) is 52.4 Å². The Hall–Kier alpha value is -2.90. The summed E-state index contributed by atoms with van der Waals surface area (Å²) in [6, 6.07) is 4.14. The molecule has 8 heteroatoms. The summed E-state index contributed by atoms with van der Waals surface area (Å²) in [5.41, 5.74) is -1.14. The molecule has 0 saturated carbocycles. The number of benzene rings is 2. The predicted octanol–water partition coefficient (Wildman–Crippen LogP) is 4.98. The molecule has 4 nitrogen and oxygen atoms in total. The molecule has 0 unspecified atom stereocenters. The summed E-state index contributed by atoms with van der Waals surface area (Å²) in [5, 5.41) is 10.5. The van der Waals surface area contributed by atoms with Crippen molar-refractivity contribution in [1.29, 1.82) is 0 Å². The minimum atomic E-state index is -1.70. The van der Waals surface area contributed by atoms with Gasteiger partial charge in [0.05, 0.1) is 10.5 Å². The summed E-state index contributed by atoms with van der Waals surface area (Å²) >= 11 is 0. The molecule has 0 N–H and O–H groups in total. The SMILES string of the molecule is CC=Cc1c(F)c(F)c(Oc2ccc([N+](=O)[O-])cc2)c(F)c1F. The first-order chi connectivity index (χ1) is 10.9. The molecule has 0 aliphatic carbocycles. The van der Waals surface area contributed by atoms with E-state index in [9.17, 15) is 27.7 Å². The van der Waals surface area contributed by atoms with Crippen LogP contribution in [0.5, 0.6) is 11.5 Å². The number of hydrogen-bond donors (Lipinski definition) is 0. The lowest BCUT2D eigenvalue weighted by molar-refractivity contribution is -0.384. The molecule has 0 radical (unpaired) electrons. The van der Waals surface area contributed by atoms with E-state index in [0.29, 0.717) is 0 Å². The summed E-state index contributed by atoms with van der Waals surface area (Å²) < 4.78 is 60.1. The lowest BCUT2D eigenvalue weighted by atomic mass is 10.1. The van der Waals surface area contributed by atoms with Crippen molar-refractivity contribution in [3.05, 3.63) is 69.3 Å². The van der Waals surface area contributed by atoms with Crippen molar-refractivity contribution in [2.45, 2.75) is 6.92 Å². The molecule has 0 fully saturated rings. The zero-order valence-corrected chi connectivity index (χ0v) is 11.6. The van der Waals surface area contributed by atoms with Crippen LogP contribution < -0.4 is 4.74 Å². The lowest BCUT2D eigenvalue weighted by Gasteiger charge is -2.11. The maximum Gasteiger partial charge on any atom is 0.269 e. The molecule has 2 rings (SSSR count). The fourth-order valence-corrected chi connectivity index (χ4v) is 1.78. The molecular weight excluding hydrogens is 318 g/mol. The van der Waals surface area contributed by atoms with E-state index in [1.54, 1.807) is 0 Å². The first-order valence-corrected chi connectivity index (χ1v) is 6.27. The number of nitro benzene ring substituents is 1. The Morgan fingerprint density at radius 2 is 1.52 bits per heavy atom. The molecule has 2 aromatic rings. The average molecular weight is 327 g/mol. The van der Waals surface area contributed by atoms with Crippen molar-refractivity contribution in [1.82, 2.24) is 0 Å². The Morgan fingerprint density at radius 1 is 1.00 bits per heavy atom. The molecule has 0 bridgehead atoms. The van der Waals surface area contributed by atoms with E-state index in [2.05, 4.69) is 0 Å². The number of rotatable bonds is 4. The van der Waals surface area contributed by atoms with Crippen LogP contribution in [0.1, 0.15) is 12.5 Å². The monoisotopic (exact) mass is 327 g/mol. The summed E-state index contributed by atoms with van der Waals surface area (Å²) in [5.74, 6) is -8.07. The van der Waals surface area contributed by atoms with Crippen LogP contribution in [0.4, 0.5) is 23.2 Å². The zero-order valence-electron chi connectivity index (χ0n) is 11.6. The third kappa shape index (κ3) is 3.15. The number of nitrogens with zero attached hydrogens (tertiary/aromatic N) is 1. The van der Waals surface area contributed by atoms with Crippen LogP contribution >= 0.6 is 0 Å². The van der Waals surface area contributed by atoms with Gasteiger partial charge in [0.25, 0.3) is 5.69 Å². The average Bonchev–Trinajstić information content (AvgIpc) is 2.54. The Kier molecular flexibility index (Phi) is 4.63.